The third-order valence-electron chi connectivity index (χ3n) is 7.21. The number of likely N-dealkylation sites (tertiary alicyclic amines) is 1. The van der Waals surface area contributed by atoms with E-state index in [1.807, 2.05) is 4.90 Å². The van der Waals surface area contributed by atoms with Crippen LogP contribution in [0.5, 0.6) is 0 Å². The summed E-state index contributed by atoms with van der Waals surface area (Å²) in [6, 6.07) is 4.94. The predicted molar refractivity (Wildman–Crippen MR) is 127 cm³/mol. The first-order valence-corrected chi connectivity index (χ1v) is 12.1. The van der Waals surface area contributed by atoms with Crippen LogP contribution >= 0.6 is 0 Å². The molecule has 0 amide bonds. The standard InChI is InChI=1S/C26H28F6N4/c1-14-7-19-18-8-15(28)3-4-22(18)34-25(19)26(36(14)13-23(31)32)24-20(29)9-16(10-21(24)30)33-17-11-35(12-17)6-2-5-27/h3-4,8-10,14,17,23,26,33-34H,2,5-7,11-13H2,1H3/t14-,26-/m0/s1. The minimum atomic E-state index is -2.70. The third kappa shape index (κ3) is 4.68. The van der Waals surface area contributed by atoms with Crippen LogP contribution in [-0.2, 0) is 6.42 Å². The summed E-state index contributed by atoms with van der Waals surface area (Å²) in [5.41, 5.74) is 1.59. The molecule has 0 spiro atoms. The van der Waals surface area contributed by atoms with E-state index in [1.165, 1.54) is 35.2 Å². The number of fused-ring (bicyclic) bond motifs is 3. The number of halogens is 6. The zero-order valence-electron chi connectivity index (χ0n) is 19.8. The fourth-order valence-electron chi connectivity index (χ4n) is 5.57. The fraction of sp³-hybridized carbons (Fsp3) is 0.462. The number of rotatable bonds is 8. The zero-order valence-corrected chi connectivity index (χ0v) is 19.8. The van der Waals surface area contributed by atoms with Gasteiger partial charge in [0, 0.05) is 53.5 Å². The number of nitrogens with zero attached hydrogens (tertiary/aromatic N) is 2. The Morgan fingerprint density at radius 1 is 1.08 bits per heavy atom. The highest BCUT2D eigenvalue weighted by Gasteiger charge is 2.40. The Morgan fingerprint density at radius 2 is 1.81 bits per heavy atom. The fourth-order valence-corrected chi connectivity index (χ4v) is 5.57. The van der Waals surface area contributed by atoms with Crippen LogP contribution in [0.4, 0.5) is 32.0 Å². The molecule has 1 saturated heterocycles. The van der Waals surface area contributed by atoms with Gasteiger partial charge in [-0.2, -0.15) is 0 Å². The van der Waals surface area contributed by atoms with Crippen molar-refractivity contribution in [1.29, 1.82) is 0 Å². The van der Waals surface area contributed by atoms with Crippen LogP contribution in [0, 0.1) is 17.5 Å². The van der Waals surface area contributed by atoms with Crippen LogP contribution in [0.25, 0.3) is 10.9 Å². The topological polar surface area (TPSA) is 34.3 Å². The molecule has 36 heavy (non-hydrogen) atoms. The molecule has 1 aromatic heterocycles. The first-order chi connectivity index (χ1) is 17.2. The first kappa shape index (κ1) is 25.0. The maximum Gasteiger partial charge on any atom is 0.251 e. The van der Waals surface area contributed by atoms with E-state index in [1.54, 1.807) is 6.92 Å². The Kier molecular flexibility index (Phi) is 6.91. The lowest BCUT2D eigenvalue weighted by Gasteiger charge is -2.41. The molecule has 10 heteroatoms. The number of anilines is 1. The van der Waals surface area contributed by atoms with E-state index < -0.39 is 42.5 Å². The SMILES string of the molecule is C[C@H]1Cc2c([nH]c3ccc(F)cc23)[C@H](c2c(F)cc(NC3CN(CCCF)C3)cc2F)N1CC(F)F. The molecule has 0 unspecified atom stereocenters. The summed E-state index contributed by atoms with van der Waals surface area (Å²) >= 11 is 0. The molecule has 4 nitrogen and oxygen atoms in total. The number of H-pyrrole nitrogens is 1. The Morgan fingerprint density at radius 3 is 2.47 bits per heavy atom. The van der Waals surface area contributed by atoms with Crippen LogP contribution in [0.1, 0.15) is 36.2 Å². The van der Waals surface area contributed by atoms with Crippen molar-refractivity contribution < 1.29 is 26.3 Å². The first-order valence-electron chi connectivity index (χ1n) is 12.1. The highest BCUT2D eigenvalue weighted by atomic mass is 19.3. The van der Waals surface area contributed by atoms with Gasteiger partial charge in [0.15, 0.2) is 0 Å². The molecule has 0 radical (unpaired) electrons. The molecule has 2 N–H and O–H groups in total. The van der Waals surface area contributed by atoms with Gasteiger partial charge in [-0.3, -0.25) is 14.2 Å². The highest BCUT2D eigenvalue weighted by molar-refractivity contribution is 5.85. The molecule has 5 rings (SSSR count). The summed E-state index contributed by atoms with van der Waals surface area (Å²) in [4.78, 5) is 6.57. The van der Waals surface area contributed by atoms with Crippen molar-refractivity contribution in [3.8, 4) is 0 Å². The largest absolute Gasteiger partial charge is 0.380 e. The van der Waals surface area contributed by atoms with Crippen molar-refractivity contribution in [2.75, 3.05) is 38.2 Å². The van der Waals surface area contributed by atoms with Gasteiger partial charge < -0.3 is 10.3 Å². The van der Waals surface area contributed by atoms with Gasteiger partial charge in [-0.15, -0.1) is 0 Å². The monoisotopic (exact) mass is 510 g/mol. The van der Waals surface area contributed by atoms with Gasteiger partial charge in [-0.25, -0.2) is 22.0 Å². The maximum absolute atomic E-state index is 15.5. The number of hydrogen-bond donors (Lipinski definition) is 2. The highest BCUT2D eigenvalue weighted by Crippen LogP contribution is 2.43. The summed E-state index contributed by atoms with van der Waals surface area (Å²) in [6.45, 7) is 2.59. The number of aromatic nitrogens is 1. The Labute approximate surface area is 205 Å². The van der Waals surface area contributed by atoms with Crippen molar-refractivity contribution >= 4 is 16.6 Å². The second-order valence-electron chi connectivity index (χ2n) is 9.75. The molecule has 0 saturated carbocycles. The molecule has 0 aliphatic carbocycles. The van der Waals surface area contributed by atoms with E-state index in [0.29, 0.717) is 54.6 Å². The van der Waals surface area contributed by atoms with Gasteiger partial charge in [0.1, 0.15) is 17.5 Å². The van der Waals surface area contributed by atoms with Gasteiger partial charge in [0.2, 0.25) is 0 Å². The summed E-state index contributed by atoms with van der Waals surface area (Å²) in [7, 11) is 0. The van der Waals surface area contributed by atoms with Crippen molar-refractivity contribution in [2.24, 2.45) is 0 Å². The normalized spacial score (nSPS) is 21.2. The molecule has 3 aromatic rings. The Balaban J connectivity index is 1.50. The minimum Gasteiger partial charge on any atom is -0.380 e. The van der Waals surface area contributed by atoms with E-state index in [2.05, 4.69) is 10.3 Å². The summed E-state index contributed by atoms with van der Waals surface area (Å²) < 4.78 is 84.5. The van der Waals surface area contributed by atoms with Gasteiger partial charge >= 0.3 is 0 Å². The van der Waals surface area contributed by atoms with Crippen LogP contribution < -0.4 is 5.32 Å². The number of benzene rings is 2. The van der Waals surface area contributed by atoms with Crippen LogP contribution in [-0.4, -0.2) is 66.1 Å². The number of aromatic amines is 1. The van der Waals surface area contributed by atoms with E-state index in [4.69, 9.17) is 0 Å². The number of nitrogens with one attached hydrogen (secondary N) is 2. The predicted octanol–water partition coefficient (Wildman–Crippen LogP) is 5.64. The molecule has 2 aliphatic rings. The van der Waals surface area contributed by atoms with Gasteiger partial charge in [0.25, 0.3) is 6.43 Å². The average Bonchev–Trinajstić information content (AvgIpc) is 3.13. The van der Waals surface area contributed by atoms with Crippen molar-refractivity contribution in [1.82, 2.24) is 14.8 Å². The number of alkyl halides is 3. The lowest BCUT2D eigenvalue weighted by Crippen LogP contribution is -2.54. The van der Waals surface area contributed by atoms with Crippen LogP contribution in [0.15, 0.2) is 30.3 Å². The Hall–Kier alpha value is -2.72. The van der Waals surface area contributed by atoms with E-state index in [9.17, 15) is 17.6 Å². The molecule has 194 valence electrons. The second-order valence-corrected chi connectivity index (χ2v) is 9.75. The lowest BCUT2D eigenvalue weighted by atomic mass is 9.88. The molecule has 2 aliphatic heterocycles. The molecule has 2 aromatic carbocycles. The Bertz CT molecular complexity index is 1220. The summed E-state index contributed by atoms with van der Waals surface area (Å²) in [6.07, 6.45) is -1.92. The third-order valence-corrected chi connectivity index (χ3v) is 7.21. The summed E-state index contributed by atoms with van der Waals surface area (Å²) in [5, 5.41) is 3.68. The lowest BCUT2D eigenvalue weighted by molar-refractivity contribution is 0.0438. The van der Waals surface area contributed by atoms with Gasteiger partial charge in [-0.1, -0.05) is 0 Å². The minimum absolute atomic E-state index is 0.0190. The van der Waals surface area contributed by atoms with Gasteiger partial charge in [-0.05, 0) is 55.7 Å². The van der Waals surface area contributed by atoms with Crippen molar-refractivity contribution in [2.45, 2.75) is 44.3 Å². The quantitative estimate of drug-likeness (QED) is 0.385. The second kappa shape index (κ2) is 9.97. The van der Waals surface area contributed by atoms with Crippen LogP contribution in [0.2, 0.25) is 0 Å². The number of hydrogen-bond acceptors (Lipinski definition) is 3. The molecule has 3 heterocycles. The average molecular weight is 511 g/mol. The van der Waals surface area contributed by atoms with E-state index >= 15 is 8.78 Å². The summed E-state index contributed by atoms with van der Waals surface area (Å²) in [5.74, 6) is -2.14. The van der Waals surface area contributed by atoms with E-state index in [-0.39, 0.29) is 24.0 Å². The van der Waals surface area contributed by atoms with Crippen molar-refractivity contribution in [3.63, 3.8) is 0 Å². The van der Waals surface area contributed by atoms with Crippen LogP contribution in [0.3, 0.4) is 0 Å². The molecule has 2 atom stereocenters. The van der Waals surface area contributed by atoms with Crippen molar-refractivity contribution in [3.05, 3.63) is 64.6 Å². The molecular formula is C26H28F6N4. The molecular weight excluding hydrogens is 482 g/mol. The maximum atomic E-state index is 15.5. The van der Waals surface area contributed by atoms with Gasteiger partial charge in [0.05, 0.1) is 25.3 Å². The molecule has 1 fully saturated rings. The zero-order chi connectivity index (χ0) is 25.6. The van der Waals surface area contributed by atoms with E-state index in [0.717, 1.165) is 0 Å². The molecule has 0 bridgehead atoms. The smallest absolute Gasteiger partial charge is 0.251 e.